The van der Waals surface area contributed by atoms with Gasteiger partial charge in [-0.2, -0.15) is 0 Å². The predicted molar refractivity (Wildman–Crippen MR) is 67.0 cm³/mol. The average Bonchev–Trinajstić information content (AvgIpc) is 2.95. The molecule has 2 N–H and O–H groups in total. The molecular formula is C10H17N5OS. The van der Waals surface area contributed by atoms with Gasteiger partial charge in [0.05, 0.1) is 6.54 Å². The van der Waals surface area contributed by atoms with Crippen molar-refractivity contribution in [2.45, 2.75) is 25.4 Å². The number of amides is 1. The van der Waals surface area contributed by atoms with E-state index in [2.05, 4.69) is 20.2 Å². The quantitative estimate of drug-likeness (QED) is 0.764. The van der Waals surface area contributed by atoms with Crippen LogP contribution >= 0.6 is 11.5 Å². The van der Waals surface area contributed by atoms with Crippen LogP contribution in [0.2, 0.25) is 0 Å². The van der Waals surface area contributed by atoms with Crippen molar-refractivity contribution >= 4 is 22.4 Å². The Hall–Kier alpha value is -1.21. The second kappa shape index (κ2) is 5.42. The first kappa shape index (κ1) is 12.3. The highest BCUT2D eigenvalue weighted by molar-refractivity contribution is 7.10. The van der Waals surface area contributed by atoms with Crippen LogP contribution in [0.1, 0.15) is 18.5 Å². The molecule has 0 aromatic carbocycles. The summed E-state index contributed by atoms with van der Waals surface area (Å²) in [6, 6.07) is 0.421. The van der Waals surface area contributed by atoms with Gasteiger partial charge >= 0.3 is 0 Å². The molecule has 1 fully saturated rings. The molecule has 0 atom stereocenters. The summed E-state index contributed by atoms with van der Waals surface area (Å²) in [7, 11) is 3.75. The Kier molecular flexibility index (Phi) is 3.90. The number of nitrogens with one attached hydrogen (secondary N) is 2. The SMILES string of the molecule is CNc1snnc1CN(C)CC(=O)NC1CC1. The first-order valence-electron chi connectivity index (χ1n) is 5.66. The van der Waals surface area contributed by atoms with Crippen LogP contribution < -0.4 is 10.6 Å². The van der Waals surface area contributed by atoms with Crippen molar-refractivity contribution in [3.63, 3.8) is 0 Å². The molecule has 1 aromatic heterocycles. The Balaban J connectivity index is 1.79. The van der Waals surface area contributed by atoms with E-state index in [1.165, 1.54) is 11.5 Å². The number of aromatic nitrogens is 2. The molecule has 0 radical (unpaired) electrons. The smallest absolute Gasteiger partial charge is 0.234 e. The second-order valence-electron chi connectivity index (χ2n) is 4.31. The summed E-state index contributed by atoms with van der Waals surface area (Å²) in [5.74, 6) is 0.0872. The third-order valence-corrected chi connectivity index (χ3v) is 3.34. The van der Waals surface area contributed by atoms with Gasteiger partial charge in [0.15, 0.2) is 0 Å². The highest BCUT2D eigenvalue weighted by Gasteiger charge is 2.23. The van der Waals surface area contributed by atoms with Crippen molar-refractivity contribution in [1.82, 2.24) is 19.8 Å². The summed E-state index contributed by atoms with van der Waals surface area (Å²) in [6.45, 7) is 1.03. The van der Waals surface area contributed by atoms with Crippen LogP contribution in [0, 0.1) is 0 Å². The van der Waals surface area contributed by atoms with E-state index in [-0.39, 0.29) is 5.91 Å². The third-order valence-electron chi connectivity index (χ3n) is 2.56. The highest BCUT2D eigenvalue weighted by Crippen LogP contribution is 2.19. The first-order valence-corrected chi connectivity index (χ1v) is 6.43. The van der Waals surface area contributed by atoms with Gasteiger partial charge in [-0.3, -0.25) is 9.69 Å². The van der Waals surface area contributed by atoms with Gasteiger partial charge in [0, 0.05) is 31.2 Å². The Morgan fingerprint density at radius 2 is 2.35 bits per heavy atom. The molecule has 0 spiro atoms. The van der Waals surface area contributed by atoms with E-state index in [0.29, 0.717) is 19.1 Å². The topological polar surface area (TPSA) is 70.2 Å². The minimum Gasteiger partial charge on any atom is -0.377 e. The van der Waals surface area contributed by atoms with E-state index < -0.39 is 0 Å². The molecule has 7 heteroatoms. The van der Waals surface area contributed by atoms with Gasteiger partial charge in [-0.25, -0.2) is 0 Å². The van der Waals surface area contributed by atoms with Crippen LogP contribution in [0.25, 0.3) is 0 Å². The predicted octanol–water partition coefficient (Wildman–Crippen LogP) is 0.290. The standard InChI is InChI=1S/C10H17N5OS/c1-11-10-8(13-14-17-10)5-15(2)6-9(16)12-7-3-4-7/h7,11H,3-6H2,1-2H3,(H,12,16). The van der Waals surface area contributed by atoms with Crippen molar-refractivity contribution in [2.24, 2.45) is 0 Å². The van der Waals surface area contributed by atoms with Gasteiger partial charge in [0.25, 0.3) is 0 Å². The fraction of sp³-hybridized carbons (Fsp3) is 0.700. The number of hydrogen-bond donors (Lipinski definition) is 2. The van der Waals surface area contributed by atoms with E-state index in [1.54, 1.807) is 0 Å². The lowest BCUT2D eigenvalue weighted by Crippen LogP contribution is -2.36. The van der Waals surface area contributed by atoms with Crippen molar-refractivity contribution in [3.8, 4) is 0 Å². The summed E-state index contributed by atoms with van der Waals surface area (Å²) in [5, 5.41) is 11.0. The molecule has 1 aromatic rings. The van der Waals surface area contributed by atoms with E-state index in [0.717, 1.165) is 23.5 Å². The molecule has 1 saturated carbocycles. The van der Waals surface area contributed by atoms with Crippen molar-refractivity contribution in [2.75, 3.05) is 26.0 Å². The maximum atomic E-state index is 11.6. The van der Waals surface area contributed by atoms with E-state index in [4.69, 9.17) is 0 Å². The number of carbonyl (C=O) groups is 1. The number of likely N-dealkylation sites (N-methyl/N-ethyl adjacent to an activating group) is 1. The zero-order valence-electron chi connectivity index (χ0n) is 10.1. The molecule has 6 nitrogen and oxygen atoms in total. The maximum absolute atomic E-state index is 11.6. The normalized spacial score (nSPS) is 15.0. The molecule has 0 unspecified atom stereocenters. The Bertz CT molecular complexity index is 390. The first-order chi connectivity index (χ1) is 8.19. The Morgan fingerprint density at radius 3 is 3.00 bits per heavy atom. The molecule has 1 heterocycles. The second-order valence-corrected chi connectivity index (χ2v) is 5.07. The van der Waals surface area contributed by atoms with Gasteiger partial charge in [-0.15, -0.1) is 5.10 Å². The third kappa shape index (κ3) is 3.64. The van der Waals surface area contributed by atoms with Crippen molar-refractivity contribution in [3.05, 3.63) is 5.69 Å². The molecule has 17 heavy (non-hydrogen) atoms. The van der Waals surface area contributed by atoms with Gasteiger partial charge in [-0.05, 0) is 19.9 Å². The molecular weight excluding hydrogens is 238 g/mol. The lowest BCUT2D eigenvalue weighted by atomic mass is 10.4. The van der Waals surface area contributed by atoms with Crippen LogP contribution in [-0.4, -0.2) is 47.1 Å². The summed E-state index contributed by atoms with van der Waals surface area (Å²) >= 11 is 1.33. The zero-order chi connectivity index (χ0) is 12.3. The average molecular weight is 255 g/mol. The molecule has 94 valence electrons. The minimum absolute atomic E-state index is 0.0872. The lowest BCUT2D eigenvalue weighted by molar-refractivity contribution is -0.122. The van der Waals surface area contributed by atoms with Crippen LogP contribution in [-0.2, 0) is 11.3 Å². The monoisotopic (exact) mass is 255 g/mol. The number of rotatable bonds is 6. The summed E-state index contributed by atoms with van der Waals surface area (Å²) in [6.07, 6.45) is 2.24. The molecule has 0 bridgehead atoms. The number of anilines is 1. The number of carbonyl (C=O) groups excluding carboxylic acids is 1. The summed E-state index contributed by atoms with van der Waals surface area (Å²) in [4.78, 5) is 13.5. The van der Waals surface area contributed by atoms with Crippen LogP contribution in [0.4, 0.5) is 5.00 Å². The molecule has 0 saturated heterocycles. The fourth-order valence-electron chi connectivity index (χ4n) is 1.56. The van der Waals surface area contributed by atoms with Crippen LogP contribution in [0.3, 0.4) is 0 Å². The van der Waals surface area contributed by atoms with E-state index >= 15 is 0 Å². The fourth-order valence-corrected chi connectivity index (χ4v) is 2.08. The minimum atomic E-state index is 0.0872. The Labute approximate surface area is 105 Å². The van der Waals surface area contributed by atoms with Crippen LogP contribution in [0.5, 0.6) is 0 Å². The highest BCUT2D eigenvalue weighted by atomic mass is 32.1. The van der Waals surface area contributed by atoms with E-state index in [1.807, 2.05) is 19.0 Å². The van der Waals surface area contributed by atoms with E-state index in [9.17, 15) is 4.79 Å². The van der Waals surface area contributed by atoms with Crippen LogP contribution in [0.15, 0.2) is 0 Å². The number of hydrogen-bond acceptors (Lipinski definition) is 6. The number of nitrogens with zero attached hydrogens (tertiary/aromatic N) is 3. The lowest BCUT2D eigenvalue weighted by Gasteiger charge is -2.15. The molecule has 1 amide bonds. The van der Waals surface area contributed by atoms with Gasteiger partial charge in [-0.1, -0.05) is 4.49 Å². The largest absolute Gasteiger partial charge is 0.377 e. The maximum Gasteiger partial charge on any atom is 0.234 e. The van der Waals surface area contributed by atoms with Gasteiger partial charge < -0.3 is 10.6 Å². The summed E-state index contributed by atoms with van der Waals surface area (Å²) < 4.78 is 3.89. The summed E-state index contributed by atoms with van der Waals surface area (Å²) in [5.41, 5.74) is 0.888. The van der Waals surface area contributed by atoms with Crippen molar-refractivity contribution < 1.29 is 4.79 Å². The molecule has 2 rings (SSSR count). The zero-order valence-corrected chi connectivity index (χ0v) is 10.9. The van der Waals surface area contributed by atoms with Gasteiger partial charge in [0.2, 0.25) is 5.91 Å². The molecule has 1 aliphatic rings. The molecule has 0 aliphatic heterocycles. The van der Waals surface area contributed by atoms with Crippen molar-refractivity contribution in [1.29, 1.82) is 0 Å². The van der Waals surface area contributed by atoms with Gasteiger partial charge in [0.1, 0.15) is 10.7 Å². The molecule has 1 aliphatic carbocycles. The Morgan fingerprint density at radius 1 is 1.59 bits per heavy atom.